The summed E-state index contributed by atoms with van der Waals surface area (Å²) in [5.74, 6) is 0. The van der Waals surface area contributed by atoms with Crippen molar-refractivity contribution in [3.63, 3.8) is 0 Å². The summed E-state index contributed by atoms with van der Waals surface area (Å²) in [4.78, 5) is 4.35. The lowest BCUT2D eigenvalue weighted by Crippen LogP contribution is -2.02. The van der Waals surface area contributed by atoms with Gasteiger partial charge in [-0.05, 0) is 49.7 Å². The van der Waals surface area contributed by atoms with Crippen LogP contribution in [-0.4, -0.2) is 9.55 Å². The van der Waals surface area contributed by atoms with Crippen molar-refractivity contribution in [2.24, 2.45) is 5.73 Å². The average molecular weight is 251 g/mol. The van der Waals surface area contributed by atoms with Gasteiger partial charge in [0.25, 0.3) is 0 Å². The van der Waals surface area contributed by atoms with E-state index in [1.807, 2.05) is 12.3 Å². The van der Waals surface area contributed by atoms with Crippen LogP contribution < -0.4 is 5.73 Å². The van der Waals surface area contributed by atoms with Gasteiger partial charge in [-0.25, -0.2) is 0 Å². The molecule has 3 rings (SSSR count). The second-order valence-corrected chi connectivity index (χ2v) is 4.82. The maximum Gasteiger partial charge on any atom is 0.0703 e. The second-order valence-electron chi connectivity index (χ2n) is 4.82. The molecule has 0 bridgehead atoms. The van der Waals surface area contributed by atoms with Crippen molar-refractivity contribution >= 4 is 10.9 Å². The molecular formula is C16H17N3. The predicted octanol–water partition coefficient (Wildman–Crippen LogP) is 3.10. The zero-order chi connectivity index (χ0) is 13.4. The Labute approximate surface area is 112 Å². The van der Waals surface area contributed by atoms with Gasteiger partial charge in [-0.3, -0.25) is 4.98 Å². The summed E-state index contributed by atoms with van der Waals surface area (Å²) in [6.45, 7) is 4.80. The van der Waals surface area contributed by atoms with E-state index in [9.17, 15) is 0 Å². The molecule has 0 amide bonds. The van der Waals surface area contributed by atoms with Gasteiger partial charge in [0, 0.05) is 35.2 Å². The Bertz CT molecular complexity index is 741. The van der Waals surface area contributed by atoms with Crippen molar-refractivity contribution in [3.8, 4) is 5.69 Å². The van der Waals surface area contributed by atoms with Crippen LogP contribution in [0.1, 0.15) is 17.0 Å². The zero-order valence-electron chi connectivity index (χ0n) is 11.2. The molecule has 0 fully saturated rings. The van der Waals surface area contributed by atoms with E-state index in [1.54, 1.807) is 0 Å². The predicted molar refractivity (Wildman–Crippen MR) is 78.4 cm³/mol. The molecule has 0 aliphatic carbocycles. The van der Waals surface area contributed by atoms with Gasteiger partial charge in [-0.2, -0.15) is 0 Å². The van der Waals surface area contributed by atoms with Crippen LogP contribution in [0.4, 0.5) is 0 Å². The Morgan fingerprint density at radius 2 is 2.00 bits per heavy atom. The van der Waals surface area contributed by atoms with Crippen molar-refractivity contribution in [1.29, 1.82) is 0 Å². The fourth-order valence-corrected chi connectivity index (χ4v) is 2.64. The fourth-order valence-electron chi connectivity index (χ4n) is 2.64. The molecule has 2 heterocycles. The Balaban J connectivity index is 2.21. The summed E-state index contributed by atoms with van der Waals surface area (Å²) in [5, 5.41) is 1.15. The van der Waals surface area contributed by atoms with Gasteiger partial charge < -0.3 is 10.3 Å². The molecule has 0 spiro atoms. The highest BCUT2D eigenvalue weighted by molar-refractivity contribution is 5.80. The minimum absolute atomic E-state index is 0.578. The maximum absolute atomic E-state index is 5.78. The van der Waals surface area contributed by atoms with Crippen molar-refractivity contribution in [2.75, 3.05) is 0 Å². The SMILES string of the molecule is Cc1cc(CN)c(C)n1-c1ccc2ncccc2c1. The number of aryl methyl sites for hydroxylation is 1. The second kappa shape index (κ2) is 4.52. The lowest BCUT2D eigenvalue weighted by atomic mass is 10.2. The van der Waals surface area contributed by atoms with E-state index in [0.717, 1.165) is 16.6 Å². The largest absolute Gasteiger partial charge is 0.326 e. The number of nitrogens with zero attached hydrogens (tertiary/aromatic N) is 2. The van der Waals surface area contributed by atoms with Crippen LogP contribution in [0.5, 0.6) is 0 Å². The molecule has 2 aromatic heterocycles. The number of pyridine rings is 1. The third-order valence-corrected chi connectivity index (χ3v) is 3.60. The van der Waals surface area contributed by atoms with Crippen LogP contribution in [0.3, 0.4) is 0 Å². The molecule has 96 valence electrons. The molecule has 0 radical (unpaired) electrons. The first-order chi connectivity index (χ1) is 9.20. The lowest BCUT2D eigenvalue weighted by molar-refractivity contribution is 0.944. The van der Waals surface area contributed by atoms with E-state index >= 15 is 0 Å². The third kappa shape index (κ3) is 1.92. The lowest BCUT2D eigenvalue weighted by Gasteiger charge is -2.10. The Morgan fingerprint density at radius 3 is 2.74 bits per heavy atom. The van der Waals surface area contributed by atoms with Crippen LogP contribution in [0, 0.1) is 13.8 Å². The topological polar surface area (TPSA) is 43.8 Å². The highest BCUT2D eigenvalue weighted by atomic mass is 15.0. The van der Waals surface area contributed by atoms with Gasteiger partial charge in [0.15, 0.2) is 0 Å². The Hall–Kier alpha value is -2.13. The molecule has 1 aromatic carbocycles. The minimum atomic E-state index is 0.578. The normalized spacial score (nSPS) is 11.1. The number of aromatic nitrogens is 2. The minimum Gasteiger partial charge on any atom is -0.326 e. The average Bonchev–Trinajstić information content (AvgIpc) is 2.73. The molecule has 19 heavy (non-hydrogen) atoms. The molecule has 0 aliphatic rings. The summed E-state index contributed by atoms with van der Waals surface area (Å²) in [5.41, 5.74) is 11.6. The van der Waals surface area contributed by atoms with Gasteiger partial charge in [-0.15, -0.1) is 0 Å². The fraction of sp³-hybridized carbons (Fsp3) is 0.188. The van der Waals surface area contributed by atoms with E-state index < -0.39 is 0 Å². The van der Waals surface area contributed by atoms with Crippen LogP contribution >= 0.6 is 0 Å². The molecule has 0 saturated heterocycles. The smallest absolute Gasteiger partial charge is 0.0703 e. The van der Waals surface area contributed by atoms with Crippen molar-refractivity contribution in [2.45, 2.75) is 20.4 Å². The van der Waals surface area contributed by atoms with Crippen LogP contribution in [-0.2, 0) is 6.54 Å². The van der Waals surface area contributed by atoms with Gasteiger partial charge in [0.05, 0.1) is 5.52 Å². The molecule has 0 atom stereocenters. The first kappa shape index (κ1) is 11.9. The first-order valence-electron chi connectivity index (χ1n) is 6.44. The highest BCUT2D eigenvalue weighted by Crippen LogP contribution is 2.23. The van der Waals surface area contributed by atoms with Crippen molar-refractivity contribution in [1.82, 2.24) is 9.55 Å². The molecule has 0 aliphatic heterocycles. The summed E-state index contributed by atoms with van der Waals surface area (Å²) >= 11 is 0. The molecule has 3 heteroatoms. The van der Waals surface area contributed by atoms with Crippen LogP contribution in [0.25, 0.3) is 16.6 Å². The quantitative estimate of drug-likeness (QED) is 0.760. The number of rotatable bonds is 2. The summed E-state index contributed by atoms with van der Waals surface area (Å²) in [7, 11) is 0. The van der Waals surface area contributed by atoms with E-state index in [-0.39, 0.29) is 0 Å². The Kier molecular flexibility index (Phi) is 2.84. The molecule has 2 N–H and O–H groups in total. The molecule has 0 saturated carbocycles. The molecule has 3 aromatic rings. The number of benzene rings is 1. The standard InChI is InChI=1S/C16H17N3/c1-11-8-14(10-17)12(2)19(11)15-5-6-16-13(9-15)4-3-7-18-16/h3-9H,10,17H2,1-2H3. The molecular weight excluding hydrogens is 234 g/mol. The number of hydrogen-bond donors (Lipinski definition) is 1. The third-order valence-electron chi connectivity index (χ3n) is 3.60. The van der Waals surface area contributed by atoms with Crippen LogP contribution in [0.15, 0.2) is 42.6 Å². The van der Waals surface area contributed by atoms with E-state index in [1.165, 1.54) is 17.0 Å². The van der Waals surface area contributed by atoms with E-state index in [0.29, 0.717) is 6.54 Å². The summed E-state index contributed by atoms with van der Waals surface area (Å²) in [6, 6.07) is 12.5. The number of nitrogens with two attached hydrogens (primary N) is 1. The monoisotopic (exact) mass is 251 g/mol. The van der Waals surface area contributed by atoms with Gasteiger partial charge in [0.2, 0.25) is 0 Å². The maximum atomic E-state index is 5.78. The first-order valence-corrected chi connectivity index (χ1v) is 6.44. The molecule has 0 unspecified atom stereocenters. The summed E-state index contributed by atoms with van der Waals surface area (Å²) < 4.78 is 2.24. The van der Waals surface area contributed by atoms with Crippen LogP contribution in [0.2, 0.25) is 0 Å². The Morgan fingerprint density at radius 1 is 1.16 bits per heavy atom. The number of fused-ring (bicyclic) bond motifs is 1. The highest BCUT2D eigenvalue weighted by Gasteiger charge is 2.09. The van der Waals surface area contributed by atoms with Crippen molar-refractivity contribution < 1.29 is 0 Å². The van der Waals surface area contributed by atoms with Gasteiger partial charge >= 0.3 is 0 Å². The summed E-state index contributed by atoms with van der Waals surface area (Å²) in [6.07, 6.45) is 1.82. The van der Waals surface area contributed by atoms with E-state index in [2.05, 4.69) is 53.7 Å². The van der Waals surface area contributed by atoms with E-state index in [4.69, 9.17) is 5.73 Å². The van der Waals surface area contributed by atoms with Gasteiger partial charge in [0.1, 0.15) is 0 Å². The number of hydrogen-bond acceptors (Lipinski definition) is 2. The molecule has 3 nitrogen and oxygen atoms in total. The van der Waals surface area contributed by atoms with Gasteiger partial charge in [-0.1, -0.05) is 6.07 Å². The van der Waals surface area contributed by atoms with Crippen molar-refractivity contribution in [3.05, 3.63) is 59.5 Å². The zero-order valence-corrected chi connectivity index (χ0v) is 11.2.